The van der Waals surface area contributed by atoms with Crippen LogP contribution in [0.15, 0.2) is 22.7 Å². The quantitative estimate of drug-likeness (QED) is 0.828. The molecule has 1 aromatic rings. The van der Waals surface area contributed by atoms with Gasteiger partial charge in [0.05, 0.1) is 0 Å². The molecular formula is C13H18BrN3O2. The van der Waals surface area contributed by atoms with Crippen molar-refractivity contribution in [2.24, 2.45) is 0 Å². The van der Waals surface area contributed by atoms with Crippen molar-refractivity contribution in [3.05, 3.63) is 33.8 Å². The van der Waals surface area contributed by atoms with Crippen molar-refractivity contribution in [1.82, 2.24) is 15.5 Å². The van der Waals surface area contributed by atoms with Crippen LogP contribution in [0.5, 0.6) is 0 Å². The second-order valence-electron chi connectivity index (χ2n) is 4.40. The lowest BCUT2D eigenvalue weighted by Crippen LogP contribution is -2.39. The molecule has 0 saturated carbocycles. The highest BCUT2D eigenvalue weighted by Crippen LogP contribution is 2.15. The Balaban J connectivity index is 2.41. The molecule has 1 aromatic carbocycles. The molecule has 0 heterocycles. The van der Waals surface area contributed by atoms with Crippen LogP contribution in [-0.4, -0.2) is 44.0 Å². The zero-order valence-electron chi connectivity index (χ0n) is 11.3. The summed E-state index contributed by atoms with van der Waals surface area (Å²) in [4.78, 5) is 24.6. The van der Waals surface area contributed by atoms with Crippen LogP contribution in [0.3, 0.4) is 0 Å². The van der Waals surface area contributed by atoms with Crippen LogP contribution in [0, 0.1) is 6.92 Å². The van der Waals surface area contributed by atoms with Gasteiger partial charge in [-0.25, -0.2) is 4.79 Å². The van der Waals surface area contributed by atoms with Gasteiger partial charge in [-0.05, 0) is 30.7 Å². The SMILES string of the molecule is Cc1cc(Br)cc(C(=O)NCCNC(=O)N(C)C)c1. The van der Waals surface area contributed by atoms with E-state index in [1.165, 1.54) is 4.90 Å². The highest BCUT2D eigenvalue weighted by Gasteiger charge is 2.07. The van der Waals surface area contributed by atoms with Gasteiger partial charge in [-0.2, -0.15) is 0 Å². The standard InChI is InChI=1S/C13H18BrN3O2/c1-9-6-10(8-11(14)7-9)12(18)15-4-5-16-13(19)17(2)3/h6-8H,4-5H2,1-3H3,(H,15,18)(H,16,19). The molecule has 0 spiro atoms. The van der Waals surface area contributed by atoms with Crippen molar-refractivity contribution in [1.29, 1.82) is 0 Å². The molecule has 2 N–H and O–H groups in total. The molecule has 0 aromatic heterocycles. The molecule has 6 heteroatoms. The van der Waals surface area contributed by atoms with Gasteiger partial charge in [0.2, 0.25) is 0 Å². The summed E-state index contributed by atoms with van der Waals surface area (Å²) >= 11 is 3.36. The van der Waals surface area contributed by atoms with E-state index < -0.39 is 0 Å². The number of halogens is 1. The van der Waals surface area contributed by atoms with Crippen molar-refractivity contribution >= 4 is 27.9 Å². The van der Waals surface area contributed by atoms with Gasteiger partial charge in [-0.1, -0.05) is 15.9 Å². The summed E-state index contributed by atoms with van der Waals surface area (Å²) in [7, 11) is 3.33. The summed E-state index contributed by atoms with van der Waals surface area (Å²) in [5, 5.41) is 5.43. The second kappa shape index (κ2) is 7.13. The van der Waals surface area contributed by atoms with Crippen molar-refractivity contribution in [2.45, 2.75) is 6.92 Å². The van der Waals surface area contributed by atoms with E-state index in [2.05, 4.69) is 26.6 Å². The molecule has 0 aliphatic carbocycles. The molecule has 1 rings (SSSR count). The fourth-order valence-corrected chi connectivity index (χ4v) is 2.08. The van der Waals surface area contributed by atoms with E-state index >= 15 is 0 Å². The van der Waals surface area contributed by atoms with Crippen LogP contribution >= 0.6 is 15.9 Å². The number of carbonyl (C=O) groups is 2. The van der Waals surface area contributed by atoms with Crippen LogP contribution in [0.2, 0.25) is 0 Å². The first-order chi connectivity index (χ1) is 8.90. The van der Waals surface area contributed by atoms with Gasteiger partial charge in [-0.15, -0.1) is 0 Å². The summed E-state index contributed by atoms with van der Waals surface area (Å²) in [6.45, 7) is 2.72. The number of rotatable bonds is 4. The van der Waals surface area contributed by atoms with Crippen molar-refractivity contribution in [3.63, 3.8) is 0 Å². The lowest BCUT2D eigenvalue weighted by atomic mass is 10.1. The number of nitrogens with one attached hydrogen (secondary N) is 2. The predicted molar refractivity (Wildman–Crippen MR) is 78.3 cm³/mol. The van der Waals surface area contributed by atoms with E-state index in [-0.39, 0.29) is 11.9 Å². The minimum Gasteiger partial charge on any atom is -0.350 e. The molecule has 5 nitrogen and oxygen atoms in total. The highest BCUT2D eigenvalue weighted by atomic mass is 79.9. The number of amides is 3. The average Bonchev–Trinajstić information content (AvgIpc) is 2.32. The number of nitrogens with zero attached hydrogens (tertiary/aromatic N) is 1. The van der Waals surface area contributed by atoms with Gasteiger partial charge < -0.3 is 15.5 Å². The Hall–Kier alpha value is -1.56. The Labute approximate surface area is 121 Å². The van der Waals surface area contributed by atoms with Crippen LogP contribution in [0.4, 0.5) is 4.79 Å². The number of hydrogen-bond acceptors (Lipinski definition) is 2. The van der Waals surface area contributed by atoms with E-state index in [0.717, 1.165) is 10.0 Å². The maximum Gasteiger partial charge on any atom is 0.316 e. The number of benzene rings is 1. The molecule has 0 bridgehead atoms. The Morgan fingerprint density at radius 3 is 2.37 bits per heavy atom. The minimum atomic E-state index is -0.174. The summed E-state index contributed by atoms with van der Waals surface area (Å²) in [6.07, 6.45) is 0. The zero-order chi connectivity index (χ0) is 14.4. The van der Waals surface area contributed by atoms with E-state index in [0.29, 0.717) is 18.7 Å². The third-order valence-corrected chi connectivity index (χ3v) is 2.86. The molecule has 3 amide bonds. The third-order valence-electron chi connectivity index (χ3n) is 2.40. The number of carbonyl (C=O) groups excluding carboxylic acids is 2. The van der Waals surface area contributed by atoms with Crippen LogP contribution < -0.4 is 10.6 Å². The van der Waals surface area contributed by atoms with E-state index in [1.54, 1.807) is 20.2 Å². The fraction of sp³-hybridized carbons (Fsp3) is 0.385. The lowest BCUT2D eigenvalue weighted by molar-refractivity contribution is 0.0953. The molecule has 19 heavy (non-hydrogen) atoms. The fourth-order valence-electron chi connectivity index (χ4n) is 1.47. The van der Waals surface area contributed by atoms with Crippen molar-refractivity contribution in [3.8, 4) is 0 Å². The second-order valence-corrected chi connectivity index (χ2v) is 5.32. The Morgan fingerprint density at radius 2 is 1.79 bits per heavy atom. The van der Waals surface area contributed by atoms with Gasteiger partial charge in [0.25, 0.3) is 5.91 Å². The van der Waals surface area contributed by atoms with Crippen molar-refractivity contribution in [2.75, 3.05) is 27.2 Å². The summed E-state index contributed by atoms with van der Waals surface area (Å²) < 4.78 is 0.874. The number of aryl methyl sites for hydroxylation is 1. The van der Waals surface area contributed by atoms with Crippen LogP contribution in [-0.2, 0) is 0 Å². The highest BCUT2D eigenvalue weighted by molar-refractivity contribution is 9.10. The first-order valence-electron chi connectivity index (χ1n) is 5.90. The molecule has 0 fully saturated rings. The summed E-state index contributed by atoms with van der Waals surface area (Å²) in [5.74, 6) is -0.150. The maximum absolute atomic E-state index is 11.9. The predicted octanol–water partition coefficient (Wildman–Crippen LogP) is 1.76. The van der Waals surface area contributed by atoms with Gasteiger partial charge in [0.15, 0.2) is 0 Å². The smallest absolute Gasteiger partial charge is 0.316 e. The van der Waals surface area contributed by atoms with Gasteiger partial charge >= 0.3 is 6.03 Å². The molecule has 104 valence electrons. The Kier molecular flexibility index (Phi) is 5.82. The lowest BCUT2D eigenvalue weighted by Gasteiger charge is -2.12. The largest absolute Gasteiger partial charge is 0.350 e. The molecule has 0 aliphatic rings. The third kappa shape index (κ3) is 5.30. The first kappa shape index (κ1) is 15.5. The normalized spacial score (nSPS) is 9.89. The average molecular weight is 328 g/mol. The summed E-state index contributed by atoms with van der Waals surface area (Å²) in [6, 6.07) is 5.35. The number of hydrogen-bond donors (Lipinski definition) is 2. The molecular weight excluding hydrogens is 310 g/mol. The van der Waals surface area contributed by atoms with E-state index in [1.807, 2.05) is 19.1 Å². The summed E-state index contributed by atoms with van der Waals surface area (Å²) in [5.41, 5.74) is 1.62. The van der Waals surface area contributed by atoms with Gasteiger partial charge in [-0.3, -0.25) is 4.79 Å². The Morgan fingerprint density at radius 1 is 1.16 bits per heavy atom. The number of urea groups is 1. The molecule has 0 saturated heterocycles. The van der Waals surface area contributed by atoms with Crippen LogP contribution in [0.1, 0.15) is 15.9 Å². The van der Waals surface area contributed by atoms with E-state index in [4.69, 9.17) is 0 Å². The van der Waals surface area contributed by atoms with E-state index in [9.17, 15) is 9.59 Å². The first-order valence-corrected chi connectivity index (χ1v) is 6.70. The molecule has 0 atom stereocenters. The monoisotopic (exact) mass is 327 g/mol. The zero-order valence-corrected chi connectivity index (χ0v) is 12.9. The van der Waals surface area contributed by atoms with Crippen LogP contribution in [0.25, 0.3) is 0 Å². The Bertz CT molecular complexity index is 455. The maximum atomic E-state index is 11.9. The topological polar surface area (TPSA) is 61.4 Å². The minimum absolute atomic E-state index is 0.150. The van der Waals surface area contributed by atoms with Crippen molar-refractivity contribution < 1.29 is 9.59 Å². The molecule has 0 unspecified atom stereocenters. The van der Waals surface area contributed by atoms with Gasteiger partial charge in [0.1, 0.15) is 0 Å². The molecule has 0 radical (unpaired) electrons. The van der Waals surface area contributed by atoms with Gasteiger partial charge in [0, 0.05) is 37.2 Å². The molecule has 0 aliphatic heterocycles.